The summed E-state index contributed by atoms with van der Waals surface area (Å²) in [7, 11) is 0. The van der Waals surface area contributed by atoms with Crippen LogP contribution in [0.15, 0.2) is 0 Å². The van der Waals surface area contributed by atoms with Crippen LogP contribution in [0.4, 0.5) is 0 Å². The average Bonchev–Trinajstić information content (AvgIpc) is 2.77. The van der Waals surface area contributed by atoms with Crippen molar-refractivity contribution >= 4 is 41.4 Å². The molecule has 33 heavy (non-hydrogen) atoms. The van der Waals surface area contributed by atoms with Gasteiger partial charge in [-0.25, -0.2) is 4.79 Å². The fraction of sp³-hybridized carbons (Fsp3) is 0.737. The summed E-state index contributed by atoms with van der Waals surface area (Å²) in [6, 6.07) is -4.69. The van der Waals surface area contributed by atoms with Crippen LogP contribution < -0.4 is 33.2 Å². The molecule has 0 rings (SSSR count). The van der Waals surface area contributed by atoms with Gasteiger partial charge in [0.1, 0.15) is 18.1 Å². The lowest BCUT2D eigenvalue weighted by atomic mass is 10.1. The summed E-state index contributed by atoms with van der Waals surface area (Å²) < 4.78 is 0. The smallest absolute Gasteiger partial charge is 0.328 e. The van der Waals surface area contributed by atoms with Gasteiger partial charge in [-0.3, -0.25) is 19.2 Å². The molecule has 4 amide bonds. The van der Waals surface area contributed by atoms with E-state index in [1.165, 1.54) is 11.8 Å². The molecule has 4 unspecified atom stereocenters. The molecule has 14 heteroatoms. The van der Waals surface area contributed by atoms with Crippen molar-refractivity contribution in [3.8, 4) is 0 Å². The maximum Gasteiger partial charge on any atom is 0.328 e. The third-order valence-corrected chi connectivity index (χ3v) is 5.30. The van der Waals surface area contributed by atoms with Crippen LogP contribution in [0.2, 0.25) is 0 Å². The van der Waals surface area contributed by atoms with Gasteiger partial charge in [0.15, 0.2) is 0 Å². The molecule has 11 N–H and O–H groups in total. The summed E-state index contributed by atoms with van der Waals surface area (Å²) in [5, 5.41) is 25.4. The van der Waals surface area contributed by atoms with E-state index < -0.39 is 60.4 Å². The monoisotopic (exact) mass is 492 g/mol. The Labute approximate surface area is 196 Å². The predicted octanol–water partition coefficient (Wildman–Crippen LogP) is -3.01. The molecular formula is C19H36N6O7S. The standard InChI is InChI=1S/C19H36N6O7S/c1-33-9-7-13(18(30)25-14(10-26)19(31)32)24-17(29)12(4-2-3-8-20)23-16(28)11(21)5-6-15(22)27/h11-14,26H,2-10,20-21H2,1H3,(H2,22,27)(H,23,28)(H,24,29)(H,25,30)(H,31,32). The quantitative estimate of drug-likeness (QED) is 0.0901. The summed E-state index contributed by atoms with van der Waals surface area (Å²) >= 11 is 1.42. The Morgan fingerprint density at radius 1 is 0.879 bits per heavy atom. The van der Waals surface area contributed by atoms with Crippen molar-refractivity contribution in [3.05, 3.63) is 0 Å². The van der Waals surface area contributed by atoms with Gasteiger partial charge in [-0.1, -0.05) is 0 Å². The number of rotatable bonds is 18. The molecule has 0 aromatic rings. The first-order chi connectivity index (χ1) is 15.6. The van der Waals surface area contributed by atoms with Gasteiger partial charge in [0, 0.05) is 6.42 Å². The number of aliphatic hydroxyl groups is 1. The van der Waals surface area contributed by atoms with Crippen LogP contribution in [-0.4, -0.2) is 89.1 Å². The molecule has 0 aliphatic rings. The highest BCUT2D eigenvalue weighted by atomic mass is 32.2. The molecule has 0 heterocycles. The first-order valence-electron chi connectivity index (χ1n) is 10.5. The second-order valence-electron chi connectivity index (χ2n) is 7.38. The van der Waals surface area contributed by atoms with Gasteiger partial charge < -0.3 is 43.4 Å². The van der Waals surface area contributed by atoms with Crippen LogP contribution in [0.3, 0.4) is 0 Å². The summed E-state index contributed by atoms with van der Waals surface area (Å²) in [6.45, 7) is -0.428. The van der Waals surface area contributed by atoms with Crippen molar-refractivity contribution in [2.24, 2.45) is 17.2 Å². The van der Waals surface area contributed by atoms with E-state index in [1.54, 1.807) is 6.26 Å². The SMILES string of the molecule is CSCCC(NC(=O)C(CCCCN)NC(=O)C(N)CCC(N)=O)C(=O)NC(CO)C(=O)O. The number of amides is 4. The number of hydrogen-bond donors (Lipinski definition) is 8. The normalized spacial score (nSPS) is 14.4. The number of carboxylic acid groups (broad SMARTS) is 1. The Morgan fingerprint density at radius 3 is 1.91 bits per heavy atom. The Bertz CT molecular complexity index is 667. The fourth-order valence-corrected chi connectivity index (χ4v) is 3.18. The second-order valence-corrected chi connectivity index (χ2v) is 8.37. The van der Waals surface area contributed by atoms with Crippen LogP contribution >= 0.6 is 11.8 Å². The summed E-state index contributed by atoms with van der Waals surface area (Å²) in [6.07, 6.45) is 3.24. The Morgan fingerprint density at radius 2 is 1.42 bits per heavy atom. The molecular weight excluding hydrogens is 456 g/mol. The van der Waals surface area contributed by atoms with Gasteiger partial charge in [0.2, 0.25) is 23.6 Å². The zero-order valence-electron chi connectivity index (χ0n) is 18.7. The third-order valence-electron chi connectivity index (χ3n) is 4.66. The molecule has 0 saturated heterocycles. The Hall–Kier alpha value is -2.42. The number of nitrogens with one attached hydrogen (secondary N) is 3. The number of aliphatic hydroxyl groups excluding tert-OH is 1. The fourth-order valence-electron chi connectivity index (χ4n) is 2.70. The summed E-state index contributed by atoms with van der Waals surface area (Å²) in [5.74, 6) is -3.63. The zero-order valence-corrected chi connectivity index (χ0v) is 19.6. The van der Waals surface area contributed by atoms with Crippen molar-refractivity contribution in [2.45, 2.75) is 62.7 Å². The molecule has 0 saturated carbocycles. The highest BCUT2D eigenvalue weighted by molar-refractivity contribution is 7.98. The first-order valence-corrected chi connectivity index (χ1v) is 11.9. The van der Waals surface area contributed by atoms with Crippen molar-refractivity contribution < 1.29 is 34.2 Å². The molecule has 4 atom stereocenters. The van der Waals surface area contributed by atoms with Gasteiger partial charge in [0.05, 0.1) is 12.6 Å². The van der Waals surface area contributed by atoms with E-state index in [0.717, 1.165) is 0 Å². The number of primary amides is 1. The lowest BCUT2D eigenvalue weighted by Gasteiger charge is -2.25. The lowest BCUT2D eigenvalue weighted by Crippen LogP contribution is -2.57. The highest BCUT2D eigenvalue weighted by Crippen LogP contribution is 2.06. The van der Waals surface area contributed by atoms with Crippen LogP contribution in [0, 0.1) is 0 Å². The largest absolute Gasteiger partial charge is 0.480 e. The van der Waals surface area contributed by atoms with Gasteiger partial charge in [0.25, 0.3) is 0 Å². The minimum absolute atomic E-state index is 0.00873. The summed E-state index contributed by atoms with van der Waals surface area (Å²) in [5.41, 5.74) is 16.3. The summed E-state index contributed by atoms with van der Waals surface area (Å²) in [4.78, 5) is 59.8. The van der Waals surface area contributed by atoms with Gasteiger partial charge in [-0.05, 0) is 50.7 Å². The lowest BCUT2D eigenvalue weighted by molar-refractivity contribution is -0.143. The zero-order chi connectivity index (χ0) is 25.4. The molecule has 0 bridgehead atoms. The number of thioether (sulfide) groups is 1. The van der Waals surface area contributed by atoms with Gasteiger partial charge in [-0.2, -0.15) is 11.8 Å². The average molecular weight is 493 g/mol. The number of carbonyl (C=O) groups excluding carboxylic acids is 4. The number of carboxylic acids is 1. The maximum atomic E-state index is 12.9. The molecule has 0 aliphatic heterocycles. The molecule has 13 nitrogen and oxygen atoms in total. The number of unbranched alkanes of at least 4 members (excludes halogenated alkanes) is 1. The minimum Gasteiger partial charge on any atom is -0.480 e. The molecule has 0 spiro atoms. The van der Waals surface area contributed by atoms with Crippen molar-refractivity contribution in [3.63, 3.8) is 0 Å². The van der Waals surface area contributed by atoms with Crippen molar-refractivity contribution in [1.29, 1.82) is 0 Å². The molecule has 190 valence electrons. The molecule has 0 aliphatic carbocycles. The molecule has 0 aromatic heterocycles. The molecule has 0 aromatic carbocycles. The number of carbonyl (C=O) groups is 5. The van der Waals surface area contributed by atoms with Crippen LogP contribution in [-0.2, 0) is 24.0 Å². The highest BCUT2D eigenvalue weighted by Gasteiger charge is 2.29. The Kier molecular flexibility index (Phi) is 15.9. The number of nitrogens with two attached hydrogens (primary N) is 3. The van der Waals surface area contributed by atoms with Crippen LogP contribution in [0.1, 0.15) is 38.5 Å². The maximum absolute atomic E-state index is 12.9. The Balaban J connectivity index is 5.35. The molecule has 0 radical (unpaired) electrons. The van der Waals surface area contributed by atoms with Gasteiger partial charge in [-0.15, -0.1) is 0 Å². The van der Waals surface area contributed by atoms with E-state index in [2.05, 4.69) is 16.0 Å². The third kappa shape index (κ3) is 13.0. The molecule has 0 fully saturated rings. The van der Waals surface area contributed by atoms with E-state index in [-0.39, 0.29) is 25.7 Å². The second kappa shape index (κ2) is 17.1. The van der Waals surface area contributed by atoms with Crippen LogP contribution in [0.5, 0.6) is 0 Å². The van der Waals surface area contributed by atoms with Crippen LogP contribution in [0.25, 0.3) is 0 Å². The van der Waals surface area contributed by atoms with E-state index in [1.807, 2.05) is 0 Å². The van der Waals surface area contributed by atoms with Gasteiger partial charge >= 0.3 is 5.97 Å². The van der Waals surface area contributed by atoms with E-state index in [0.29, 0.717) is 25.1 Å². The van der Waals surface area contributed by atoms with E-state index >= 15 is 0 Å². The minimum atomic E-state index is -1.52. The van der Waals surface area contributed by atoms with E-state index in [9.17, 15) is 24.0 Å². The first kappa shape index (κ1) is 30.6. The van der Waals surface area contributed by atoms with Crippen molar-refractivity contribution in [1.82, 2.24) is 16.0 Å². The van der Waals surface area contributed by atoms with E-state index in [4.69, 9.17) is 27.4 Å². The number of aliphatic carboxylic acids is 1. The number of hydrogen-bond acceptors (Lipinski definition) is 9. The predicted molar refractivity (Wildman–Crippen MR) is 123 cm³/mol. The topological polar surface area (TPSA) is 240 Å². The van der Waals surface area contributed by atoms with Crippen molar-refractivity contribution in [2.75, 3.05) is 25.2 Å².